The number of methoxy groups -OCH3 is 1. The number of halogens is 1. The van der Waals surface area contributed by atoms with Crippen LogP contribution in [0, 0.1) is 13.8 Å². The maximum Gasteiger partial charge on any atom is 0.179 e. The summed E-state index contributed by atoms with van der Waals surface area (Å²) in [5.74, 6) is 1.79. The molecule has 0 unspecified atom stereocenters. The van der Waals surface area contributed by atoms with E-state index in [1.807, 2.05) is 18.2 Å². The molecular weight excluding hydrogens is 380 g/mol. The Labute approximate surface area is 168 Å². The van der Waals surface area contributed by atoms with E-state index in [0.29, 0.717) is 29.7 Å². The third kappa shape index (κ3) is 5.01. The first-order chi connectivity index (χ1) is 13.6. The van der Waals surface area contributed by atoms with Gasteiger partial charge in [0.05, 0.1) is 18.3 Å². The van der Waals surface area contributed by atoms with Gasteiger partial charge in [-0.25, -0.2) is 4.68 Å². The molecule has 0 spiro atoms. The second-order valence-corrected chi connectivity index (χ2v) is 6.47. The quantitative estimate of drug-likeness (QED) is 0.423. The average molecular weight is 401 g/mol. The molecule has 0 saturated carbocycles. The maximum atomic E-state index is 6.37. The average Bonchev–Trinajstić information content (AvgIpc) is 3.20. The first-order valence-electron chi connectivity index (χ1n) is 8.66. The van der Waals surface area contributed by atoms with Crippen molar-refractivity contribution in [3.63, 3.8) is 0 Å². The van der Waals surface area contributed by atoms with E-state index in [0.717, 1.165) is 11.3 Å². The molecule has 0 aliphatic carbocycles. The van der Waals surface area contributed by atoms with Crippen molar-refractivity contribution >= 4 is 17.8 Å². The molecule has 0 amide bonds. The normalized spacial score (nSPS) is 11.0. The standard InChI is InChI=1S/C20H21ClN4O3/c1-14-4-5-17(8-15(14)2)27-6-7-28-20-18(21)9-16(10-19(20)26-3)11-24-25-12-22-23-13-25/h4-5,8-13H,6-7H2,1-3H3. The Bertz CT molecular complexity index is 958. The highest BCUT2D eigenvalue weighted by molar-refractivity contribution is 6.32. The van der Waals surface area contributed by atoms with Crippen molar-refractivity contribution in [3.8, 4) is 17.2 Å². The Morgan fingerprint density at radius 1 is 1.04 bits per heavy atom. The van der Waals surface area contributed by atoms with Crippen molar-refractivity contribution in [2.24, 2.45) is 5.10 Å². The van der Waals surface area contributed by atoms with Crippen LogP contribution in [0.1, 0.15) is 16.7 Å². The highest BCUT2D eigenvalue weighted by Gasteiger charge is 2.12. The number of rotatable bonds is 8. The molecule has 1 heterocycles. The summed E-state index contributed by atoms with van der Waals surface area (Å²) in [6, 6.07) is 9.52. The fourth-order valence-electron chi connectivity index (χ4n) is 2.45. The predicted octanol–water partition coefficient (Wildman–Crippen LogP) is 3.90. The second kappa shape index (κ2) is 9.23. The third-order valence-electron chi connectivity index (χ3n) is 4.08. The van der Waals surface area contributed by atoms with Crippen LogP contribution in [0.5, 0.6) is 17.2 Å². The lowest BCUT2D eigenvalue weighted by atomic mass is 10.1. The zero-order valence-electron chi connectivity index (χ0n) is 15.9. The van der Waals surface area contributed by atoms with Crippen LogP contribution < -0.4 is 14.2 Å². The molecule has 1 aromatic heterocycles. The maximum absolute atomic E-state index is 6.37. The molecule has 0 bridgehead atoms. The molecule has 3 aromatic rings. The highest BCUT2D eigenvalue weighted by atomic mass is 35.5. The molecule has 146 valence electrons. The van der Waals surface area contributed by atoms with Crippen LogP contribution in [0.25, 0.3) is 0 Å². The first-order valence-corrected chi connectivity index (χ1v) is 9.04. The number of hydrogen-bond donors (Lipinski definition) is 0. The van der Waals surface area contributed by atoms with Crippen molar-refractivity contribution in [1.82, 2.24) is 14.9 Å². The molecule has 2 aromatic carbocycles. The van der Waals surface area contributed by atoms with E-state index >= 15 is 0 Å². The Balaban J connectivity index is 1.62. The van der Waals surface area contributed by atoms with E-state index in [9.17, 15) is 0 Å². The molecule has 0 N–H and O–H groups in total. The highest BCUT2D eigenvalue weighted by Crippen LogP contribution is 2.36. The zero-order valence-corrected chi connectivity index (χ0v) is 16.7. The molecule has 28 heavy (non-hydrogen) atoms. The van der Waals surface area contributed by atoms with E-state index in [2.05, 4.69) is 29.1 Å². The van der Waals surface area contributed by atoms with Gasteiger partial charge in [0.2, 0.25) is 0 Å². The minimum Gasteiger partial charge on any atom is -0.493 e. The predicted molar refractivity (Wildman–Crippen MR) is 108 cm³/mol. The summed E-state index contributed by atoms with van der Waals surface area (Å²) in [5, 5.41) is 12.0. The second-order valence-electron chi connectivity index (χ2n) is 6.06. The van der Waals surface area contributed by atoms with Gasteiger partial charge >= 0.3 is 0 Å². The van der Waals surface area contributed by atoms with Gasteiger partial charge in [-0.2, -0.15) is 5.10 Å². The van der Waals surface area contributed by atoms with Crippen LogP contribution in [0.4, 0.5) is 0 Å². The van der Waals surface area contributed by atoms with Crippen LogP contribution in [0.2, 0.25) is 5.02 Å². The van der Waals surface area contributed by atoms with Gasteiger partial charge in [-0.3, -0.25) is 0 Å². The van der Waals surface area contributed by atoms with Crippen LogP contribution in [0.3, 0.4) is 0 Å². The SMILES string of the molecule is COc1cc(C=Nn2cnnc2)cc(Cl)c1OCCOc1ccc(C)c(C)c1. The fraction of sp³-hybridized carbons (Fsp3) is 0.250. The Kier molecular flexibility index (Phi) is 6.49. The largest absolute Gasteiger partial charge is 0.493 e. The fourth-order valence-corrected chi connectivity index (χ4v) is 2.72. The van der Waals surface area contributed by atoms with Crippen LogP contribution in [-0.4, -0.2) is 41.4 Å². The summed E-state index contributed by atoms with van der Waals surface area (Å²) in [4.78, 5) is 0. The van der Waals surface area contributed by atoms with E-state index in [-0.39, 0.29) is 0 Å². The van der Waals surface area contributed by atoms with Gasteiger partial charge in [-0.15, -0.1) is 10.2 Å². The molecule has 0 saturated heterocycles. The van der Waals surface area contributed by atoms with Crippen LogP contribution >= 0.6 is 11.6 Å². The van der Waals surface area contributed by atoms with Gasteiger partial charge in [0.15, 0.2) is 11.5 Å². The molecule has 0 atom stereocenters. The minimum absolute atomic E-state index is 0.331. The summed E-state index contributed by atoms with van der Waals surface area (Å²) in [6.07, 6.45) is 4.61. The van der Waals surface area contributed by atoms with Crippen molar-refractivity contribution in [2.75, 3.05) is 20.3 Å². The summed E-state index contributed by atoms with van der Waals surface area (Å²) in [7, 11) is 1.56. The van der Waals surface area contributed by atoms with Gasteiger partial charge < -0.3 is 14.2 Å². The van der Waals surface area contributed by atoms with Gasteiger partial charge in [0.25, 0.3) is 0 Å². The zero-order chi connectivity index (χ0) is 19.9. The minimum atomic E-state index is 0.331. The van der Waals surface area contributed by atoms with E-state index < -0.39 is 0 Å². The number of aryl methyl sites for hydroxylation is 2. The van der Waals surface area contributed by atoms with E-state index in [4.69, 9.17) is 25.8 Å². The lowest BCUT2D eigenvalue weighted by Crippen LogP contribution is -2.10. The molecule has 7 nitrogen and oxygen atoms in total. The smallest absolute Gasteiger partial charge is 0.179 e. The first kappa shape index (κ1) is 19.7. The molecule has 0 aliphatic rings. The van der Waals surface area contributed by atoms with Gasteiger partial charge in [-0.05, 0) is 54.8 Å². The number of ether oxygens (including phenoxy) is 3. The lowest BCUT2D eigenvalue weighted by Gasteiger charge is -2.14. The Morgan fingerprint density at radius 3 is 2.50 bits per heavy atom. The summed E-state index contributed by atoms with van der Waals surface area (Å²) >= 11 is 6.37. The summed E-state index contributed by atoms with van der Waals surface area (Å²) in [6.45, 7) is 4.84. The van der Waals surface area contributed by atoms with E-state index in [1.165, 1.54) is 28.5 Å². The Morgan fingerprint density at radius 2 is 1.79 bits per heavy atom. The molecule has 0 aliphatic heterocycles. The topological polar surface area (TPSA) is 70.8 Å². The number of benzene rings is 2. The van der Waals surface area contributed by atoms with Gasteiger partial charge in [-0.1, -0.05) is 17.7 Å². The summed E-state index contributed by atoms with van der Waals surface area (Å²) in [5.41, 5.74) is 3.18. The van der Waals surface area contributed by atoms with E-state index in [1.54, 1.807) is 25.5 Å². The number of nitrogens with zero attached hydrogens (tertiary/aromatic N) is 4. The molecule has 0 fully saturated rings. The molecular formula is C20H21ClN4O3. The lowest BCUT2D eigenvalue weighted by molar-refractivity contribution is 0.211. The molecule has 8 heteroatoms. The van der Waals surface area contributed by atoms with Crippen molar-refractivity contribution in [2.45, 2.75) is 13.8 Å². The molecule has 0 radical (unpaired) electrons. The van der Waals surface area contributed by atoms with Crippen LogP contribution in [-0.2, 0) is 0 Å². The van der Waals surface area contributed by atoms with Crippen LogP contribution in [0.15, 0.2) is 48.1 Å². The van der Waals surface area contributed by atoms with Crippen molar-refractivity contribution in [1.29, 1.82) is 0 Å². The Hall–Kier alpha value is -3.06. The third-order valence-corrected chi connectivity index (χ3v) is 4.36. The number of aromatic nitrogens is 3. The summed E-state index contributed by atoms with van der Waals surface area (Å²) < 4.78 is 18.4. The monoisotopic (exact) mass is 400 g/mol. The van der Waals surface area contributed by atoms with Gasteiger partial charge in [0, 0.05) is 0 Å². The van der Waals surface area contributed by atoms with Crippen molar-refractivity contribution in [3.05, 3.63) is 64.7 Å². The number of hydrogen-bond acceptors (Lipinski definition) is 6. The molecule has 3 rings (SSSR count). The van der Waals surface area contributed by atoms with Gasteiger partial charge in [0.1, 0.15) is 31.6 Å². The van der Waals surface area contributed by atoms with Crippen molar-refractivity contribution < 1.29 is 14.2 Å².